The Labute approximate surface area is 152 Å². The fourth-order valence-corrected chi connectivity index (χ4v) is 2.09. The molecule has 0 saturated heterocycles. The van der Waals surface area contributed by atoms with Crippen molar-refractivity contribution in [3.8, 4) is 5.75 Å². The lowest BCUT2D eigenvalue weighted by Gasteiger charge is -2.06. The van der Waals surface area contributed by atoms with Gasteiger partial charge in [-0.2, -0.15) is 13.2 Å². The Kier molecular flexibility index (Phi) is 6.33. The van der Waals surface area contributed by atoms with Crippen molar-refractivity contribution in [3.05, 3.63) is 71.0 Å². The van der Waals surface area contributed by atoms with Crippen LogP contribution in [0, 0.1) is 5.82 Å². The maximum absolute atomic E-state index is 13.6. The maximum Gasteiger partial charge on any atom is 0.416 e. The van der Waals surface area contributed by atoms with Gasteiger partial charge in [-0.25, -0.2) is 9.18 Å². The number of alkyl halides is 3. The largest absolute Gasteiger partial charge is 0.494 e. The molecule has 0 N–H and O–H groups in total. The fraction of sp³-hybridized carbons (Fsp3) is 0.158. The molecule has 8 heteroatoms. The average molecular weight is 382 g/mol. The van der Waals surface area contributed by atoms with Crippen molar-refractivity contribution in [2.45, 2.75) is 6.18 Å². The average Bonchev–Trinajstić information content (AvgIpc) is 2.63. The van der Waals surface area contributed by atoms with E-state index in [4.69, 9.17) is 9.47 Å². The summed E-state index contributed by atoms with van der Waals surface area (Å²) in [6.07, 6.45) is -2.46. The molecule has 4 nitrogen and oxygen atoms in total. The van der Waals surface area contributed by atoms with E-state index in [1.54, 1.807) is 0 Å². The van der Waals surface area contributed by atoms with Gasteiger partial charge in [-0.15, -0.1) is 0 Å². The minimum atomic E-state index is -4.50. The summed E-state index contributed by atoms with van der Waals surface area (Å²) in [6.45, 7) is -0.641. The van der Waals surface area contributed by atoms with Crippen LogP contribution in [0.1, 0.15) is 21.5 Å². The lowest BCUT2D eigenvalue weighted by molar-refractivity contribution is -0.138. The number of ketones is 1. The molecule has 0 spiro atoms. The first-order valence-electron chi connectivity index (χ1n) is 7.59. The Morgan fingerprint density at radius 2 is 1.85 bits per heavy atom. The number of benzene rings is 2. The summed E-state index contributed by atoms with van der Waals surface area (Å²) in [5.41, 5.74) is -0.719. The molecule has 2 aromatic carbocycles. The summed E-state index contributed by atoms with van der Waals surface area (Å²) < 4.78 is 60.9. The monoisotopic (exact) mass is 382 g/mol. The quantitative estimate of drug-likeness (QED) is 0.324. The summed E-state index contributed by atoms with van der Waals surface area (Å²) in [7, 11) is 1.28. The highest BCUT2D eigenvalue weighted by Gasteiger charge is 2.30. The lowest BCUT2D eigenvalue weighted by Crippen LogP contribution is -2.12. The van der Waals surface area contributed by atoms with Gasteiger partial charge in [0.2, 0.25) is 0 Å². The summed E-state index contributed by atoms with van der Waals surface area (Å²) in [4.78, 5) is 23.5. The first-order chi connectivity index (χ1) is 12.7. The molecular formula is C19H14F4O4. The van der Waals surface area contributed by atoms with E-state index in [-0.39, 0.29) is 16.9 Å². The molecule has 0 aliphatic heterocycles. The Morgan fingerprint density at radius 1 is 1.11 bits per heavy atom. The second-order valence-electron chi connectivity index (χ2n) is 5.34. The number of halogens is 4. The summed E-state index contributed by atoms with van der Waals surface area (Å²) in [5.74, 6) is -2.33. The van der Waals surface area contributed by atoms with Crippen molar-refractivity contribution in [2.75, 3.05) is 13.7 Å². The van der Waals surface area contributed by atoms with Crippen LogP contribution in [0.2, 0.25) is 0 Å². The van der Waals surface area contributed by atoms with Gasteiger partial charge in [0.15, 0.2) is 24.0 Å². The molecule has 0 fully saturated rings. The number of esters is 1. The highest BCUT2D eigenvalue weighted by molar-refractivity contribution is 5.99. The van der Waals surface area contributed by atoms with Crippen molar-refractivity contribution in [3.63, 3.8) is 0 Å². The van der Waals surface area contributed by atoms with Crippen LogP contribution in [0.5, 0.6) is 5.75 Å². The fourth-order valence-electron chi connectivity index (χ4n) is 2.09. The van der Waals surface area contributed by atoms with E-state index in [1.807, 2.05) is 0 Å². The van der Waals surface area contributed by atoms with Crippen molar-refractivity contribution >= 4 is 17.8 Å². The Bertz CT molecular complexity index is 872. The number of carbonyl (C=O) groups excluding carboxylic acids is 2. The Balaban J connectivity index is 1.95. The first-order valence-corrected chi connectivity index (χ1v) is 7.59. The molecule has 0 unspecified atom stereocenters. The number of rotatable bonds is 6. The van der Waals surface area contributed by atoms with Crippen LogP contribution < -0.4 is 4.74 Å². The van der Waals surface area contributed by atoms with Crippen LogP contribution in [0.4, 0.5) is 17.6 Å². The van der Waals surface area contributed by atoms with Crippen LogP contribution in [-0.4, -0.2) is 25.5 Å². The zero-order chi connectivity index (χ0) is 20.0. The van der Waals surface area contributed by atoms with Crippen LogP contribution in [0.15, 0.2) is 48.5 Å². The first kappa shape index (κ1) is 20.2. The number of hydrogen-bond donors (Lipinski definition) is 0. The minimum Gasteiger partial charge on any atom is -0.494 e. The van der Waals surface area contributed by atoms with Gasteiger partial charge in [-0.3, -0.25) is 4.79 Å². The van der Waals surface area contributed by atoms with E-state index >= 15 is 0 Å². The van der Waals surface area contributed by atoms with Gasteiger partial charge in [-0.05, 0) is 42.0 Å². The topological polar surface area (TPSA) is 52.6 Å². The Hall–Kier alpha value is -3.16. The molecule has 27 heavy (non-hydrogen) atoms. The number of ether oxygens (including phenoxy) is 2. The maximum atomic E-state index is 13.6. The van der Waals surface area contributed by atoms with Crippen molar-refractivity contribution in [1.82, 2.24) is 0 Å². The zero-order valence-electron chi connectivity index (χ0n) is 14.0. The van der Waals surface area contributed by atoms with E-state index in [2.05, 4.69) is 0 Å². The van der Waals surface area contributed by atoms with Gasteiger partial charge in [0.05, 0.1) is 12.7 Å². The number of hydrogen-bond acceptors (Lipinski definition) is 4. The van der Waals surface area contributed by atoms with Crippen molar-refractivity contribution < 1.29 is 36.6 Å². The van der Waals surface area contributed by atoms with E-state index in [1.165, 1.54) is 31.4 Å². The zero-order valence-corrected chi connectivity index (χ0v) is 14.0. The molecule has 142 valence electrons. The van der Waals surface area contributed by atoms with Gasteiger partial charge in [-0.1, -0.05) is 12.1 Å². The van der Waals surface area contributed by atoms with Gasteiger partial charge in [0.25, 0.3) is 0 Å². The number of Topliss-reactive ketones (excluding diaryl/α,β-unsaturated/α-hetero) is 1. The SMILES string of the molecule is COc1ccc(C(=O)COC(=O)/C=C/c2cccc(C(F)(F)F)c2)cc1F. The molecule has 0 aliphatic carbocycles. The molecular weight excluding hydrogens is 368 g/mol. The molecule has 2 aromatic rings. The molecule has 0 radical (unpaired) electrons. The van der Waals surface area contributed by atoms with Gasteiger partial charge < -0.3 is 9.47 Å². The molecule has 0 amide bonds. The molecule has 0 aromatic heterocycles. The molecule has 0 aliphatic rings. The van der Waals surface area contributed by atoms with Crippen LogP contribution in [0.25, 0.3) is 6.08 Å². The van der Waals surface area contributed by atoms with Gasteiger partial charge in [0, 0.05) is 11.6 Å². The highest BCUT2D eigenvalue weighted by Crippen LogP contribution is 2.29. The second kappa shape index (κ2) is 8.48. The summed E-state index contributed by atoms with van der Waals surface area (Å²) in [6, 6.07) is 7.89. The summed E-state index contributed by atoms with van der Waals surface area (Å²) >= 11 is 0. The molecule has 0 bridgehead atoms. The molecule has 2 rings (SSSR count). The van der Waals surface area contributed by atoms with Gasteiger partial charge >= 0.3 is 12.1 Å². The number of methoxy groups -OCH3 is 1. The van der Waals surface area contributed by atoms with E-state index < -0.39 is 35.9 Å². The van der Waals surface area contributed by atoms with Crippen LogP contribution in [-0.2, 0) is 15.7 Å². The second-order valence-corrected chi connectivity index (χ2v) is 5.34. The van der Waals surface area contributed by atoms with E-state index in [0.29, 0.717) is 0 Å². The molecule has 0 saturated carbocycles. The highest BCUT2D eigenvalue weighted by atomic mass is 19.4. The molecule has 0 heterocycles. The third kappa shape index (κ3) is 5.67. The van der Waals surface area contributed by atoms with Crippen molar-refractivity contribution in [1.29, 1.82) is 0 Å². The van der Waals surface area contributed by atoms with Crippen LogP contribution >= 0.6 is 0 Å². The van der Waals surface area contributed by atoms with E-state index in [0.717, 1.165) is 30.4 Å². The van der Waals surface area contributed by atoms with Crippen molar-refractivity contribution in [2.24, 2.45) is 0 Å². The predicted octanol–water partition coefficient (Wildman–Crippen LogP) is 4.29. The number of carbonyl (C=O) groups is 2. The lowest BCUT2D eigenvalue weighted by atomic mass is 10.1. The third-order valence-electron chi connectivity index (χ3n) is 3.45. The molecule has 0 atom stereocenters. The summed E-state index contributed by atoms with van der Waals surface area (Å²) in [5, 5.41) is 0. The van der Waals surface area contributed by atoms with Gasteiger partial charge in [0.1, 0.15) is 0 Å². The van der Waals surface area contributed by atoms with Crippen LogP contribution in [0.3, 0.4) is 0 Å². The third-order valence-corrected chi connectivity index (χ3v) is 3.45. The smallest absolute Gasteiger partial charge is 0.416 e. The Morgan fingerprint density at radius 3 is 2.48 bits per heavy atom. The predicted molar refractivity (Wildman–Crippen MR) is 88.7 cm³/mol. The normalized spacial score (nSPS) is 11.4. The minimum absolute atomic E-state index is 0.0112. The standard InChI is InChI=1S/C19H14F4O4/c1-26-17-7-6-13(10-15(17)20)16(24)11-27-18(25)8-5-12-3-2-4-14(9-12)19(21,22)23/h2-10H,11H2,1H3/b8-5+. The van der Waals surface area contributed by atoms with E-state index in [9.17, 15) is 27.2 Å².